The van der Waals surface area contributed by atoms with Crippen molar-refractivity contribution in [2.75, 3.05) is 0 Å². The van der Waals surface area contributed by atoms with Crippen LogP contribution in [0.25, 0.3) is 83.2 Å². The molecule has 0 atom stereocenters. The zero-order chi connectivity index (χ0) is 44.9. The number of rotatable bonds is 6. The average Bonchev–Trinajstić information content (AvgIpc) is 3.94. The Morgan fingerprint density at radius 1 is 0.672 bits per heavy atom. The Balaban J connectivity index is 0.000000192. The number of imidazole rings is 1. The molecule has 3 aromatic heterocycles. The van der Waals surface area contributed by atoms with Crippen LogP contribution in [0.15, 0.2) is 150 Å². The predicted molar refractivity (Wildman–Crippen MR) is 274 cm³/mol. The number of hydrogen-bond acceptors (Lipinski definition) is 3. The van der Waals surface area contributed by atoms with Gasteiger partial charge in [-0.3, -0.25) is 9.37 Å². The van der Waals surface area contributed by atoms with E-state index in [0.29, 0.717) is 0 Å². The van der Waals surface area contributed by atoms with Crippen molar-refractivity contribution in [1.82, 2.24) is 14.5 Å². The maximum atomic E-state index is 13.1. The second kappa shape index (κ2) is 18.6. The zero-order valence-corrected chi connectivity index (χ0v) is 42.0. The fraction of sp³-hybridized carbons (Fsp3) is 0.233. The number of fused-ring (bicyclic) bond motifs is 8. The predicted octanol–water partition coefficient (Wildman–Crippen LogP) is 15.9. The summed E-state index contributed by atoms with van der Waals surface area (Å²) in [5, 5.41) is 6.09. The van der Waals surface area contributed by atoms with Crippen molar-refractivity contribution in [3.63, 3.8) is 0 Å². The summed E-state index contributed by atoms with van der Waals surface area (Å²) in [6.07, 6.45) is 8.94. The molecule has 2 aliphatic rings. The van der Waals surface area contributed by atoms with E-state index in [2.05, 4.69) is 166 Å². The van der Waals surface area contributed by atoms with Crippen LogP contribution in [0.3, 0.4) is 0 Å². The molecule has 1 spiro atoms. The number of aryl methyl sites for hydroxylation is 1. The molecular formula is C60H54FIrN3OSi-2. The number of halogens is 1. The van der Waals surface area contributed by atoms with Crippen LogP contribution in [0.2, 0.25) is 18.1 Å². The van der Waals surface area contributed by atoms with Crippen molar-refractivity contribution in [2.24, 2.45) is 0 Å². The summed E-state index contributed by atoms with van der Waals surface area (Å²) in [5.41, 5.74) is 14.2. The molecule has 2 aliphatic heterocycles. The summed E-state index contributed by atoms with van der Waals surface area (Å²) in [7, 11) is -1.26. The van der Waals surface area contributed by atoms with Gasteiger partial charge in [0.15, 0.2) is 0 Å². The van der Waals surface area contributed by atoms with Crippen LogP contribution >= 0.6 is 0 Å². The second-order valence-electron chi connectivity index (χ2n) is 19.1. The SMILES string of the molecule is CC(C)c1cc(-c2ccccc2)cc(C(C)C)c1-n1c(-c2[c-]ccc3c2oc2c4ccccc4ccc32)nc2ccccc21.Fc1c[c-]c(-c2cc3c(cn2)[Si]2(CCCCC2)CCC3)cc1.[Ir]. The monoisotopic (exact) mass is 1070 g/mol. The number of furan rings is 1. The number of hydrogen-bond donors (Lipinski definition) is 0. The van der Waals surface area contributed by atoms with Gasteiger partial charge in [-0.05, 0) is 81.0 Å². The molecule has 1 saturated heterocycles. The standard InChI is InChI=1S/C41H33N2O.C19H21FNSi.Ir/c1-25(2)34-23-29(27-13-6-5-7-14-27)24-35(26(3)4)38(34)43-37-20-11-10-19-36(37)42-41(43)33-18-12-17-31-32-22-21-28-15-8-9-16-30(28)39(32)44-40(31)33;20-17-8-6-15(7-9-17)18-13-16-5-4-12-22(19(16)14-21-18)10-2-1-3-11-22;/h5-17,19-26H,1-4H3;6,8-9,13-14H,1-5,10-12H2;/q2*-1;. The molecule has 67 heavy (non-hydrogen) atoms. The van der Waals surface area contributed by atoms with E-state index >= 15 is 0 Å². The molecular weight excluding hydrogens is 1020 g/mol. The molecule has 0 N–H and O–H groups in total. The van der Waals surface area contributed by atoms with Gasteiger partial charge in [0, 0.05) is 48.6 Å². The smallest absolute Gasteiger partial charge is 0.128 e. The molecule has 10 aromatic rings. The van der Waals surface area contributed by atoms with Gasteiger partial charge in [0.05, 0.1) is 30.5 Å². The molecule has 337 valence electrons. The van der Waals surface area contributed by atoms with E-state index in [-0.39, 0.29) is 37.8 Å². The molecule has 0 unspecified atom stereocenters. The van der Waals surface area contributed by atoms with Gasteiger partial charge in [-0.2, -0.15) is 0 Å². The molecule has 4 nitrogen and oxygen atoms in total. The third kappa shape index (κ3) is 8.19. The molecule has 0 saturated carbocycles. The van der Waals surface area contributed by atoms with Crippen molar-refractivity contribution >= 4 is 57.0 Å². The molecule has 0 aliphatic carbocycles. The van der Waals surface area contributed by atoms with E-state index in [9.17, 15) is 4.39 Å². The Morgan fingerprint density at radius 3 is 2.15 bits per heavy atom. The van der Waals surface area contributed by atoms with E-state index in [0.717, 1.165) is 61.0 Å². The number of benzene rings is 7. The minimum atomic E-state index is -1.26. The molecule has 1 fully saturated rings. The first-order valence-electron chi connectivity index (χ1n) is 23.9. The molecule has 7 heteroatoms. The van der Waals surface area contributed by atoms with E-state index in [1.165, 1.54) is 101 Å². The molecule has 0 bridgehead atoms. The van der Waals surface area contributed by atoms with Gasteiger partial charge in [0.2, 0.25) is 0 Å². The van der Waals surface area contributed by atoms with E-state index < -0.39 is 8.07 Å². The van der Waals surface area contributed by atoms with Gasteiger partial charge in [-0.25, -0.2) is 0 Å². The maximum Gasteiger partial charge on any atom is 0.128 e. The van der Waals surface area contributed by atoms with Crippen molar-refractivity contribution in [2.45, 2.75) is 89.8 Å². The summed E-state index contributed by atoms with van der Waals surface area (Å²) in [5.74, 6) is 1.18. The minimum Gasteiger partial charge on any atom is -0.500 e. The number of pyridine rings is 1. The van der Waals surface area contributed by atoms with Crippen LogP contribution in [0.1, 0.15) is 81.9 Å². The molecule has 5 heterocycles. The third-order valence-electron chi connectivity index (χ3n) is 14.4. The molecule has 0 amide bonds. The Bertz CT molecular complexity index is 3370. The van der Waals surface area contributed by atoms with Crippen molar-refractivity contribution in [3.05, 3.63) is 180 Å². The average molecular weight is 1070 g/mol. The maximum absolute atomic E-state index is 13.1. The molecule has 7 aromatic carbocycles. The van der Waals surface area contributed by atoms with E-state index in [4.69, 9.17) is 14.4 Å². The first kappa shape index (κ1) is 44.8. The van der Waals surface area contributed by atoms with Gasteiger partial charge in [-0.15, -0.1) is 48.0 Å². The van der Waals surface area contributed by atoms with Gasteiger partial charge in [0.25, 0.3) is 0 Å². The largest absolute Gasteiger partial charge is 0.500 e. The Hall–Kier alpha value is -5.98. The summed E-state index contributed by atoms with van der Waals surface area (Å²) >= 11 is 0. The van der Waals surface area contributed by atoms with Crippen LogP contribution < -0.4 is 5.19 Å². The Morgan fingerprint density at radius 2 is 1.39 bits per heavy atom. The Labute approximate surface area is 407 Å². The molecule has 12 rings (SSSR count). The number of aromatic nitrogens is 3. The Kier molecular flexibility index (Phi) is 12.4. The van der Waals surface area contributed by atoms with Crippen LogP contribution in [0, 0.1) is 17.9 Å². The molecule has 1 radical (unpaired) electrons. The third-order valence-corrected chi connectivity index (χ3v) is 19.9. The second-order valence-corrected chi connectivity index (χ2v) is 23.7. The van der Waals surface area contributed by atoms with Crippen LogP contribution in [0.5, 0.6) is 0 Å². The summed E-state index contributed by atoms with van der Waals surface area (Å²) < 4.78 is 22.2. The van der Waals surface area contributed by atoms with Gasteiger partial charge in [0.1, 0.15) is 5.58 Å². The van der Waals surface area contributed by atoms with Crippen molar-refractivity contribution in [3.8, 4) is 39.5 Å². The summed E-state index contributed by atoms with van der Waals surface area (Å²) in [6.45, 7) is 9.14. The fourth-order valence-electron chi connectivity index (χ4n) is 11.1. The van der Waals surface area contributed by atoms with E-state index in [1.807, 2.05) is 6.07 Å². The topological polar surface area (TPSA) is 43.9 Å². The fourth-order valence-corrected chi connectivity index (χ4v) is 16.5. The number of nitrogens with zero attached hydrogens (tertiary/aromatic N) is 3. The first-order valence-corrected chi connectivity index (χ1v) is 26.5. The van der Waals surface area contributed by atoms with Gasteiger partial charge >= 0.3 is 0 Å². The van der Waals surface area contributed by atoms with Crippen molar-refractivity contribution < 1.29 is 28.9 Å². The number of para-hydroxylation sites is 2. The first-order chi connectivity index (χ1) is 32.3. The minimum absolute atomic E-state index is 0. The summed E-state index contributed by atoms with van der Waals surface area (Å²) in [4.78, 5) is 10.0. The van der Waals surface area contributed by atoms with Crippen molar-refractivity contribution in [1.29, 1.82) is 0 Å². The van der Waals surface area contributed by atoms with Crippen LogP contribution in [0.4, 0.5) is 4.39 Å². The quantitative estimate of drug-likeness (QED) is 0.123. The van der Waals surface area contributed by atoms with Crippen LogP contribution in [-0.2, 0) is 26.5 Å². The van der Waals surface area contributed by atoms with Crippen LogP contribution in [-0.4, -0.2) is 22.6 Å². The summed E-state index contributed by atoms with van der Waals surface area (Å²) in [6, 6.07) is 58.6. The van der Waals surface area contributed by atoms with Gasteiger partial charge < -0.3 is 14.0 Å². The van der Waals surface area contributed by atoms with Gasteiger partial charge in [-0.1, -0.05) is 173 Å². The normalized spacial score (nSPS) is 14.4. The van der Waals surface area contributed by atoms with E-state index in [1.54, 1.807) is 11.3 Å². The zero-order valence-electron chi connectivity index (χ0n) is 38.6.